The van der Waals surface area contributed by atoms with E-state index in [1.807, 2.05) is 6.08 Å². The van der Waals surface area contributed by atoms with Gasteiger partial charge in [0, 0.05) is 12.1 Å². The summed E-state index contributed by atoms with van der Waals surface area (Å²) in [6, 6.07) is 0. The second-order valence-corrected chi connectivity index (χ2v) is 2.58. The van der Waals surface area contributed by atoms with Crippen LogP contribution in [0.4, 0.5) is 4.39 Å². The highest BCUT2D eigenvalue weighted by molar-refractivity contribution is 5.53. The van der Waals surface area contributed by atoms with E-state index in [0.29, 0.717) is 18.6 Å². The Kier molecular flexibility index (Phi) is 3.26. The molecule has 0 saturated carbocycles. The SMILES string of the molecule is C=C/C=C(\C=C)C1=CCN/C1=C\F. The third kappa shape index (κ3) is 1.96. The van der Waals surface area contributed by atoms with Crippen LogP contribution in [0.3, 0.4) is 0 Å². The van der Waals surface area contributed by atoms with Crippen molar-refractivity contribution in [2.24, 2.45) is 0 Å². The molecule has 1 heterocycles. The second kappa shape index (κ2) is 4.45. The molecule has 1 aliphatic heterocycles. The molecule has 68 valence electrons. The molecule has 0 fully saturated rings. The van der Waals surface area contributed by atoms with Gasteiger partial charge in [-0.05, 0) is 5.57 Å². The fraction of sp³-hybridized carbons (Fsp3) is 0.0909. The standard InChI is InChI=1S/C11H12FN/c1-3-5-9(4-2)10-6-7-13-11(10)8-12/h3-6,8,13H,1-2,7H2/b9-5+,11-8-. The minimum atomic E-state index is 0.507. The average Bonchev–Trinajstić information content (AvgIpc) is 2.61. The first-order valence-electron chi connectivity index (χ1n) is 4.03. The van der Waals surface area contributed by atoms with Crippen LogP contribution >= 0.6 is 0 Å². The Morgan fingerprint density at radius 1 is 1.54 bits per heavy atom. The van der Waals surface area contributed by atoms with Gasteiger partial charge in [0.25, 0.3) is 0 Å². The van der Waals surface area contributed by atoms with Crippen molar-refractivity contribution in [3.8, 4) is 0 Å². The Bertz CT molecular complexity index is 308. The first kappa shape index (κ1) is 9.52. The van der Waals surface area contributed by atoms with Crippen molar-refractivity contribution in [1.29, 1.82) is 0 Å². The number of rotatable bonds is 3. The lowest BCUT2D eigenvalue weighted by atomic mass is 10.0. The van der Waals surface area contributed by atoms with Crippen LogP contribution in [-0.4, -0.2) is 6.54 Å². The van der Waals surface area contributed by atoms with E-state index in [-0.39, 0.29) is 0 Å². The second-order valence-electron chi connectivity index (χ2n) is 2.58. The highest BCUT2D eigenvalue weighted by Crippen LogP contribution is 2.22. The normalized spacial score (nSPS) is 19.6. The minimum absolute atomic E-state index is 0.507. The molecule has 0 aliphatic carbocycles. The van der Waals surface area contributed by atoms with Gasteiger partial charge in [0.1, 0.15) is 6.33 Å². The Morgan fingerprint density at radius 2 is 2.31 bits per heavy atom. The Morgan fingerprint density at radius 3 is 2.85 bits per heavy atom. The molecule has 0 aromatic rings. The number of halogens is 1. The molecule has 1 N–H and O–H groups in total. The van der Waals surface area contributed by atoms with E-state index < -0.39 is 0 Å². The van der Waals surface area contributed by atoms with Crippen molar-refractivity contribution in [3.63, 3.8) is 0 Å². The number of hydrogen-bond acceptors (Lipinski definition) is 1. The van der Waals surface area contributed by atoms with E-state index in [4.69, 9.17) is 0 Å². The zero-order valence-corrected chi connectivity index (χ0v) is 7.39. The fourth-order valence-electron chi connectivity index (χ4n) is 1.23. The Balaban J connectivity index is 2.99. The topological polar surface area (TPSA) is 12.0 Å². The summed E-state index contributed by atoms with van der Waals surface area (Å²) in [5, 5.41) is 2.90. The van der Waals surface area contributed by atoms with Crippen molar-refractivity contribution < 1.29 is 4.39 Å². The predicted molar refractivity (Wildman–Crippen MR) is 53.8 cm³/mol. The highest BCUT2D eigenvalue weighted by atomic mass is 19.1. The van der Waals surface area contributed by atoms with Crippen LogP contribution in [0.1, 0.15) is 0 Å². The summed E-state index contributed by atoms with van der Waals surface area (Å²) in [5.74, 6) is 0. The molecule has 13 heavy (non-hydrogen) atoms. The van der Waals surface area contributed by atoms with Crippen molar-refractivity contribution in [3.05, 3.63) is 60.6 Å². The van der Waals surface area contributed by atoms with Gasteiger partial charge < -0.3 is 5.32 Å². The smallest absolute Gasteiger partial charge is 0.110 e. The molecule has 1 aliphatic rings. The molecule has 1 nitrogen and oxygen atoms in total. The summed E-state index contributed by atoms with van der Waals surface area (Å²) in [7, 11) is 0. The van der Waals surface area contributed by atoms with Crippen LogP contribution in [0.5, 0.6) is 0 Å². The van der Waals surface area contributed by atoms with Crippen LogP contribution in [0, 0.1) is 0 Å². The zero-order valence-electron chi connectivity index (χ0n) is 7.39. The van der Waals surface area contributed by atoms with Gasteiger partial charge in [0.05, 0.1) is 5.70 Å². The molecule has 1 rings (SSSR count). The van der Waals surface area contributed by atoms with Crippen LogP contribution in [0.2, 0.25) is 0 Å². The summed E-state index contributed by atoms with van der Waals surface area (Å²) in [6.07, 6.45) is 7.63. The van der Waals surface area contributed by atoms with E-state index in [0.717, 1.165) is 11.1 Å². The lowest BCUT2D eigenvalue weighted by Crippen LogP contribution is -2.06. The summed E-state index contributed by atoms with van der Waals surface area (Å²) >= 11 is 0. The van der Waals surface area contributed by atoms with Crippen LogP contribution in [-0.2, 0) is 0 Å². The van der Waals surface area contributed by atoms with Gasteiger partial charge in [-0.25, -0.2) is 4.39 Å². The van der Waals surface area contributed by atoms with E-state index in [1.54, 1.807) is 18.2 Å². The average molecular weight is 177 g/mol. The van der Waals surface area contributed by atoms with Gasteiger partial charge in [-0.2, -0.15) is 0 Å². The molecule has 0 saturated heterocycles. The summed E-state index contributed by atoms with van der Waals surface area (Å²) < 4.78 is 12.3. The van der Waals surface area contributed by atoms with Gasteiger partial charge in [-0.15, -0.1) is 0 Å². The van der Waals surface area contributed by atoms with Gasteiger partial charge in [-0.3, -0.25) is 0 Å². The first-order chi connectivity index (χ1) is 6.33. The maximum absolute atomic E-state index is 12.3. The fourth-order valence-corrected chi connectivity index (χ4v) is 1.23. The van der Waals surface area contributed by atoms with E-state index in [1.165, 1.54) is 0 Å². The molecule has 0 amide bonds. The van der Waals surface area contributed by atoms with E-state index in [9.17, 15) is 4.39 Å². The van der Waals surface area contributed by atoms with E-state index in [2.05, 4.69) is 18.5 Å². The Labute approximate surface area is 77.7 Å². The lowest BCUT2D eigenvalue weighted by molar-refractivity contribution is 0.699. The quantitative estimate of drug-likeness (QED) is 0.653. The third-order valence-corrected chi connectivity index (χ3v) is 1.83. The molecule has 0 atom stereocenters. The third-order valence-electron chi connectivity index (χ3n) is 1.83. The predicted octanol–water partition coefficient (Wildman–Crippen LogP) is 2.63. The maximum atomic E-state index is 12.3. The molecule has 0 bridgehead atoms. The van der Waals surface area contributed by atoms with Crippen LogP contribution < -0.4 is 5.32 Å². The molecule has 0 aromatic heterocycles. The lowest BCUT2D eigenvalue weighted by Gasteiger charge is -2.04. The van der Waals surface area contributed by atoms with Crippen LogP contribution in [0.25, 0.3) is 0 Å². The molecule has 2 heteroatoms. The van der Waals surface area contributed by atoms with Crippen molar-refractivity contribution in [2.75, 3.05) is 6.54 Å². The monoisotopic (exact) mass is 177 g/mol. The van der Waals surface area contributed by atoms with Crippen LogP contribution in [0.15, 0.2) is 60.6 Å². The highest BCUT2D eigenvalue weighted by Gasteiger charge is 2.12. The molecular weight excluding hydrogens is 165 g/mol. The van der Waals surface area contributed by atoms with Crippen molar-refractivity contribution >= 4 is 0 Å². The molecule has 0 aromatic carbocycles. The summed E-state index contributed by atoms with van der Waals surface area (Å²) in [6.45, 7) is 7.90. The first-order valence-corrected chi connectivity index (χ1v) is 4.03. The summed E-state index contributed by atoms with van der Waals surface area (Å²) in [4.78, 5) is 0. The molecule has 0 radical (unpaired) electrons. The van der Waals surface area contributed by atoms with Gasteiger partial charge >= 0.3 is 0 Å². The number of allylic oxidation sites excluding steroid dienone is 4. The van der Waals surface area contributed by atoms with E-state index >= 15 is 0 Å². The molecule has 0 spiro atoms. The van der Waals surface area contributed by atoms with Gasteiger partial charge in [0.15, 0.2) is 0 Å². The van der Waals surface area contributed by atoms with Crippen molar-refractivity contribution in [1.82, 2.24) is 5.32 Å². The number of hydrogen-bond donors (Lipinski definition) is 1. The van der Waals surface area contributed by atoms with Gasteiger partial charge in [0.2, 0.25) is 0 Å². The minimum Gasteiger partial charge on any atom is -0.379 e. The molecule has 0 unspecified atom stereocenters. The Hall–Kier alpha value is -1.57. The maximum Gasteiger partial charge on any atom is 0.110 e. The van der Waals surface area contributed by atoms with Crippen molar-refractivity contribution in [2.45, 2.75) is 0 Å². The molecular formula is C11H12FN. The van der Waals surface area contributed by atoms with Gasteiger partial charge in [-0.1, -0.05) is 37.5 Å². The zero-order chi connectivity index (χ0) is 9.68. The largest absolute Gasteiger partial charge is 0.379 e. The summed E-state index contributed by atoms with van der Waals surface area (Å²) in [5.41, 5.74) is 2.23. The number of nitrogens with one attached hydrogen (secondary N) is 1.